The summed E-state index contributed by atoms with van der Waals surface area (Å²) in [6.45, 7) is 2.30. The lowest BCUT2D eigenvalue weighted by molar-refractivity contribution is 0.580. The number of benzene rings is 2. The lowest BCUT2D eigenvalue weighted by Gasteiger charge is -2.07. The first-order chi connectivity index (χ1) is 10.5. The van der Waals surface area contributed by atoms with Gasteiger partial charge in [0.15, 0.2) is 0 Å². The van der Waals surface area contributed by atoms with E-state index in [1.165, 1.54) is 0 Å². The van der Waals surface area contributed by atoms with Gasteiger partial charge in [-0.05, 0) is 41.6 Å². The summed E-state index contributed by atoms with van der Waals surface area (Å²) < 4.78 is 26.9. The molecule has 1 heterocycles. The van der Waals surface area contributed by atoms with Crippen LogP contribution in [0.4, 0.5) is 0 Å². The quantitative estimate of drug-likeness (QED) is 0.760. The zero-order chi connectivity index (χ0) is 15.6. The fraction of sp³-hybridized carbons (Fsp3) is 0.176. The highest BCUT2D eigenvalue weighted by Crippen LogP contribution is 2.17. The van der Waals surface area contributed by atoms with Crippen LogP contribution in [0.1, 0.15) is 16.8 Å². The molecule has 4 nitrogen and oxygen atoms in total. The minimum atomic E-state index is -3.34. The standard InChI is InChI=1S/C17H18N2O2S/c1-13-9-16-10-15(7-8-17(16)19-13)11-18-22(20,21)12-14-5-3-2-4-6-14/h2-10,18-19H,11-12H2,1H3. The van der Waals surface area contributed by atoms with Gasteiger partial charge in [-0.1, -0.05) is 36.4 Å². The maximum atomic E-state index is 12.1. The molecule has 5 heteroatoms. The van der Waals surface area contributed by atoms with Gasteiger partial charge in [0.25, 0.3) is 0 Å². The van der Waals surface area contributed by atoms with E-state index in [0.717, 1.165) is 27.7 Å². The van der Waals surface area contributed by atoms with Crippen molar-refractivity contribution in [2.45, 2.75) is 19.2 Å². The van der Waals surface area contributed by atoms with Gasteiger partial charge in [-0.25, -0.2) is 13.1 Å². The maximum absolute atomic E-state index is 12.1. The van der Waals surface area contributed by atoms with Crippen molar-refractivity contribution in [1.82, 2.24) is 9.71 Å². The van der Waals surface area contributed by atoms with E-state index in [9.17, 15) is 8.42 Å². The van der Waals surface area contributed by atoms with E-state index in [1.807, 2.05) is 55.5 Å². The summed E-state index contributed by atoms with van der Waals surface area (Å²) >= 11 is 0. The molecule has 0 saturated heterocycles. The van der Waals surface area contributed by atoms with Crippen molar-refractivity contribution < 1.29 is 8.42 Å². The van der Waals surface area contributed by atoms with Crippen molar-refractivity contribution in [1.29, 1.82) is 0 Å². The Morgan fingerprint density at radius 3 is 2.55 bits per heavy atom. The van der Waals surface area contributed by atoms with E-state index in [1.54, 1.807) is 0 Å². The Morgan fingerprint density at radius 1 is 1.00 bits per heavy atom. The van der Waals surface area contributed by atoms with Gasteiger partial charge in [0.05, 0.1) is 5.75 Å². The summed E-state index contributed by atoms with van der Waals surface area (Å²) in [5.41, 5.74) is 3.89. The molecule has 2 N–H and O–H groups in total. The predicted octanol–water partition coefficient (Wildman–Crippen LogP) is 3.10. The number of nitrogens with one attached hydrogen (secondary N) is 2. The Morgan fingerprint density at radius 2 is 1.77 bits per heavy atom. The molecular formula is C17H18N2O2S. The molecule has 0 radical (unpaired) electrons. The number of hydrogen-bond acceptors (Lipinski definition) is 2. The number of H-pyrrole nitrogens is 1. The van der Waals surface area contributed by atoms with E-state index in [-0.39, 0.29) is 5.75 Å². The average molecular weight is 314 g/mol. The van der Waals surface area contributed by atoms with Crippen LogP contribution in [0.2, 0.25) is 0 Å². The van der Waals surface area contributed by atoms with E-state index in [4.69, 9.17) is 0 Å². The molecule has 0 atom stereocenters. The number of rotatable bonds is 5. The molecule has 3 rings (SSSR count). The molecule has 0 fully saturated rings. The molecule has 2 aromatic carbocycles. The van der Waals surface area contributed by atoms with Gasteiger partial charge in [0, 0.05) is 17.8 Å². The highest BCUT2D eigenvalue weighted by molar-refractivity contribution is 7.88. The molecule has 0 aliphatic carbocycles. The fourth-order valence-electron chi connectivity index (χ4n) is 2.48. The average Bonchev–Trinajstić information content (AvgIpc) is 2.85. The Labute approximate surface area is 130 Å². The Bertz CT molecular complexity index is 883. The van der Waals surface area contributed by atoms with Crippen molar-refractivity contribution in [2.24, 2.45) is 0 Å². The number of aromatic amines is 1. The summed E-state index contributed by atoms with van der Waals surface area (Å²) in [6, 6.07) is 17.1. The molecule has 22 heavy (non-hydrogen) atoms. The van der Waals surface area contributed by atoms with Gasteiger partial charge in [-0.3, -0.25) is 0 Å². The van der Waals surface area contributed by atoms with Gasteiger partial charge in [0.1, 0.15) is 0 Å². The Kier molecular flexibility index (Phi) is 4.00. The van der Waals surface area contributed by atoms with E-state index >= 15 is 0 Å². The second-order valence-electron chi connectivity index (χ2n) is 5.44. The lowest BCUT2D eigenvalue weighted by atomic mass is 10.1. The molecule has 0 saturated carbocycles. The number of aromatic nitrogens is 1. The van der Waals surface area contributed by atoms with Crippen LogP contribution in [0.5, 0.6) is 0 Å². The third kappa shape index (κ3) is 3.55. The van der Waals surface area contributed by atoms with Crippen molar-refractivity contribution in [3.63, 3.8) is 0 Å². The monoisotopic (exact) mass is 314 g/mol. The summed E-state index contributed by atoms with van der Waals surface area (Å²) in [7, 11) is -3.34. The highest BCUT2D eigenvalue weighted by Gasteiger charge is 2.11. The Hall–Kier alpha value is -2.11. The van der Waals surface area contributed by atoms with E-state index < -0.39 is 10.0 Å². The summed E-state index contributed by atoms with van der Waals surface area (Å²) in [6.07, 6.45) is 0. The van der Waals surface area contributed by atoms with Crippen LogP contribution in [-0.2, 0) is 22.3 Å². The van der Waals surface area contributed by atoms with Gasteiger partial charge in [0.2, 0.25) is 10.0 Å². The second kappa shape index (κ2) is 5.94. The van der Waals surface area contributed by atoms with Crippen LogP contribution in [0, 0.1) is 6.92 Å². The topological polar surface area (TPSA) is 62.0 Å². The Balaban J connectivity index is 1.69. The minimum Gasteiger partial charge on any atom is -0.359 e. The van der Waals surface area contributed by atoms with Crippen molar-refractivity contribution in [2.75, 3.05) is 0 Å². The van der Waals surface area contributed by atoms with Crippen LogP contribution in [0.15, 0.2) is 54.6 Å². The zero-order valence-electron chi connectivity index (χ0n) is 12.3. The SMILES string of the molecule is Cc1cc2cc(CNS(=O)(=O)Cc3ccccc3)ccc2[nH]1. The van der Waals surface area contributed by atoms with Crippen molar-refractivity contribution >= 4 is 20.9 Å². The summed E-state index contributed by atoms with van der Waals surface area (Å²) in [5.74, 6) is -0.000648. The highest BCUT2D eigenvalue weighted by atomic mass is 32.2. The molecule has 3 aromatic rings. The third-order valence-corrected chi connectivity index (χ3v) is 4.81. The maximum Gasteiger partial charge on any atom is 0.216 e. The summed E-state index contributed by atoms with van der Waals surface area (Å²) in [4.78, 5) is 3.25. The first-order valence-electron chi connectivity index (χ1n) is 7.11. The molecule has 0 amide bonds. The van der Waals surface area contributed by atoms with Crippen LogP contribution in [-0.4, -0.2) is 13.4 Å². The zero-order valence-corrected chi connectivity index (χ0v) is 13.2. The first-order valence-corrected chi connectivity index (χ1v) is 8.77. The van der Waals surface area contributed by atoms with Crippen LogP contribution in [0.3, 0.4) is 0 Å². The number of sulfonamides is 1. The third-order valence-electron chi connectivity index (χ3n) is 3.52. The van der Waals surface area contributed by atoms with Gasteiger partial charge in [-0.15, -0.1) is 0 Å². The minimum absolute atomic E-state index is 0.000648. The molecule has 0 spiro atoms. The van der Waals surface area contributed by atoms with Gasteiger partial charge < -0.3 is 4.98 Å². The van der Waals surface area contributed by atoms with Crippen molar-refractivity contribution in [3.05, 3.63) is 71.4 Å². The van der Waals surface area contributed by atoms with E-state index in [2.05, 4.69) is 15.8 Å². The summed E-state index contributed by atoms with van der Waals surface area (Å²) in [5, 5.41) is 1.09. The molecular weight excluding hydrogens is 296 g/mol. The lowest BCUT2D eigenvalue weighted by Crippen LogP contribution is -2.24. The molecule has 0 unspecified atom stereocenters. The molecule has 0 bridgehead atoms. The number of fused-ring (bicyclic) bond motifs is 1. The second-order valence-corrected chi connectivity index (χ2v) is 7.25. The van der Waals surface area contributed by atoms with Crippen LogP contribution >= 0.6 is 0 Å². The molecule has 0 aliphatic rings. The fourth-order valence-corrected chi connectivity index (χ4v) is 3.60. The number of aryl methyl sites for hydroxylation is 1. The van der Waals surface area contributed by atoms with Gasteiger partial charge >= 0.3 is 0 Å². The first kappa shape index (κ1) is 14.8. The number of hydrogen-bond donors (Lipinski definition) is 2. The van der Waals surface area contributed by atoms with Crippen LogP contribution < -0.4 is 4.72 Å². The van der Waals surface area contributed by atoms with E-state index in [0.29, 0.717) is 6.54 Å². The van der Waals surface area contributed by atoms with Crippen LogP contribution in [0.25, 0.3) is 10.9 Å². The molecule has 1 aromatic heterocycles. The van der Waals surface area contributed by atoms with Crippen molar-refractivity contribution in [3.8, 4) is 0 Å². The molecule has 114 valence electrons. The largest absolute Gasteiger partial charge is 0.359 e. The normalized spacial score (nSPS) is 11.9. The smallest absolute Gasteiger partial charge is 0.216 e. The molecule has 0 aliphatic heterocycles. The van der Waals surface area contributed by atoms with Gasteiger partial charge in [-0.2, -0.15) is 0 Å². The predicted molar refractivity (Wildman–Crippen MR) is 88.9 cm³/mol.